The number of aromatic hydroxyl groups is 1. The molecule has 1 rings (SSSR count). The number of rotatable bonds is 10. The minimum Gasteiger partial charge on any atom is -0.508 e. The SMILES string of the molecule is CC(=O)N[C@@H]([C@@H](O)[C@H](O)[C@H](O)CO)[C@@H](O)CC(=O)C(=O)O.O=[N+]([O-])c1ccc(O)cc1. The van der Waals surface area contributed by atoms with Gasteiger partial charge in [-0.25, -0.2) is 4.79 Å². The lowest BCUT2D eigenvalue weighted by molar-refractivity contribution is -0.384. The number of nitrogens with zero attached hydrogens (tertiary/aromatic N) is 1. The normalized spacial score (nSPS) is 15.3. The number of aliphatic hydroxyl groups excluding tert-OH is 5. The van der Waals surface area contributed by atoms with E-state index in [0.29, 0.717) is 0 Å². The number of hydrogen-bond donors (Lipinski definition) is 8. The predicted octanol–water partition coefficient (Wildman–Crippen LogP) is -2.73. The van der Waals surface area contributed by atoms with Gasteiger partial charge >= 0.3 is 5.97 Å². The van der Waals surface area contributed by atoms with Crippen LogP contribution in [0.15, 0.2) is 24.3 Å². The van der Waals surface area contributed by atoms with Gasteiger partial charge in [-0.05, 0) is 12.1 Å². The van der Waals surface area contributed by atoms with Gasteiger partial charge in [0, 0.05) is 25.5 Å². The van der Waals surface area contributed by atoms with E-state index in [9.17, 15) is 44.9 Å². The van der Waals surface area contributed by atoms with Crippen molar-refractivity contribution in [1.29, 1.82) is 0 Å². The predicted molar refractivity (Wildman–Crippen MR) is 101 cm³/mol. The number of carboxylic acids is 1. The van der Waals surface area contributed by atoms with Crippen LogP contribution in [0.3, 0.4) is 0 Å². The Morgan fingerprint density at radius 1 is 1.03 bits per heavy atom. The molecule has 0 aliphatic heterocycles. The van der Waals surface area contributed by atoms with Crippen LogP contribution in [0.1, 0.15) is 13.3 Å². The van der Waals surface area contributed by atoms with Crippen LogP contribution in [0.2, 0.25) is 0 Å². The summed E-state index contributed by atoms with van der Waals surface area (Å²) in [5.74, 6) is -3.86. The maximum atomic E-state index is 11.0. The van der Waals surface area contributed by atoms with Gasteiger partial charge < -0.3 is 41.1 Å². The van der Waals surface area contributed by atoms with Crippen molar-refractivity contribution in [2.75, 3.05) is 6.61 Å². The van der Waals surface area contributed by atoms with E-state index in [1.165, 1.54) is 24.3 Å². The van der Waals surface area contributed by atoms with Crippen molar-refractivity contribution in [3.63, 3.8) is 0 Å². The third kappa shape index (κ3) is 9.92. The highest BCUT2D eigenvalue weighted by Gasteiger charge is 2.37. The first-order valence-corrected chi connectivity index (χ1v) is 8.61. The molecule has 1 aromatic carbocycles. The zero-order chi connectivity index (χ0) is 24.3. The van der Waals surface area contributed by atoms with E-state index >= 15 is 0 Å². The molecule has 1 amide bonds. The number of aliphatic hydroxyl groups is 5. The van der Waals surface area contributed by atoms with Gasteiger partial charge in [-0.3, -0.25) is 19.7 Å². The molecule has 0 fully saturated rings. The average molecular weight is 448 g/mol. The highest BCUT2D eigenvalue weighted by molar-refractivity contribution is 6.32. The fourth-order valence-electron chi connectivity index (χ4n) is 2.17. The monoisotopic (exact) mass is 448 g/mol. The van der Waals surface area contributed by atoms with Crippen LogP contribution in [0.4, 0.5) is 5.69 Å². The molecule has 174 valence electrons. The number of carbonyl (C=O) groups is 3. The van der Waals surface area contributed by atoms with Crippen LogP contribution in [-0.4, -0.2) is 95.4 Å². The summed E-state index contributed by atoms with van der Waals surface area (Å²) in [4.78, 5) is 42.0. The second kappa shape index (κ2) is 13.2. The highest BCUT2D eigenvalue weighted by Crippen LogP contribution is 2.15. The summed E-state index contributed by atoms with van der Waals surface area (Å²) in [7, 11) is 0. The number of amides is 1. The van der Waals surface area contributed by atoms with Crippen LogP contribution >= 0.6 is 0 Å². The standard InChI is InChI=1S/C11H19NO9.C6H5NO3/c1-4(14)12-8(5(15)2-6(16)11(20)21)10(19)9(18)7(17)3-13;8-6-3-1-5(2-4-6)7(9)10/h5,7-10,13,15,17-19H,2-3H2,1H3,(H,12,14)(H,20,21);1-4,8H/t5-,7+,8+,9+,10+;/m0./s1. The number of phenolic OH excluding ortho intramolecular Hbond substituents is 1. The highest BCUT2D eigenvalue weighted by atomic mass is 16.6. The Morgan fingerprint density at radius 2 is 1.55 bits per heavy atom. The molecular formula is C17H24N2O12. The number of aliphatic carboxylic acids is 1. The van der Waals surface area contributed by atoms with E-state index in [4.69, 9.17) is 15.3 Å². The number of Topliss-reactive ketones (excluding diaryl/α,β-unsaturated/α-hetero) is 1. The van der Waals surface area contributed by atoms with E-state index < -0.39 is 66.1 Å². The van der Waals surface area contributed by atoms with Gasteiger partial charge in [0.25, 0.3) is 5.69 Å². The summed E-state index contributed by atoms with van der Waals surface area (Å²) in [6.07, 6.45) is -8.35. The van der Waals surface area contributed by atoms with E-state index in [2.05, 4.69) is 0 Å². The van der Waals surface area contributed by atoms with Crippen LogP contribution in [0, 0.1) is 10.1 Å². The van der Waals surface area contributed by atoms with Crippen LogP contribution in [-0.2, 0) is 14.4 Å². The number of carbonyl (C=O) groups excluding carboxylic acids is 2. The number of hydrogen-bond acceptors (Lipinski definition) is 11. The zero-order valence-corrected chi connectivity index (χ0v) is 16.2. The second-order valence-corrected chi connectivity index (χ2v) is 6.23. The summed E-state index contributed by atoms with van der Waals surface area (Å²) in [6, 6.07) is 3.43. The second-order valence-electron chi connectivity index (χ2n) is 6.23. The lowest BCUT2D eigenvalue weighted by Gasteiger charge is -2.32. The van der Waals surface area contributed by atoms with Gasteiger partial charge in [-0.1, -0.05) is 0 Å². The molecule has 0 aromatic heterocycles. The molecule has 8 N–H and O–H groups in total. The van der Waals surface area contributed by atoms with E-state index in [1.807, 2.05) is 5.32 Å². The summed E-state index contributed by atoms with van der Waals surface area (Å²) in [5.41, 5.74) is -0.0159. The number of benzene rings is 1. The van der Waals surface area contributed by atoms with Gasteiger partial charge in [0.1, 0.15) is 24.1 Å². The average Bonchev–Trinajstić information content (AvgIpc) is 2.70. The fourth-order valence-corrected chi connectivity index (χ4v) is 2.17. The maximum absolute atomic E-state index is 11.0. The van der Waals surface area contributed by atoms with Crippen molar-refractivity contribution in [1.82, 2.24) is 5.32 Å². The van der Waals surface area contributed by atoms with Gasteiger partial charge in [0.15, 0.2) is 0 Å². The Kier molecular flexibility index (Phi) is 11.8. The molecule has 0 saturated heterocycles. The first kappa shape index (κ1) is 27.8. The first-order valence-electron chi connectivity index (χ1n) is 8.61. The molecule has 0 spiro atoms. The Bertz CT molecular complexity index is 754. The Morgan fingerprint density at radius 3 is 1.94 bits per heavy atom. The Balaban J connectivity index is 0.000000743. The van der Waals surface area contributed by atoms with Gasteiger partial charge in [-0.2, -0.15) is 0 Å². The van der Waals surface area contributed by atoms with Gasteiger partial charge in [0.05, 0.1) is 23.7 Å². The molecule has 0 heterocycles. The molecule has 0 aliphatic carbocycles. The van der Waals surface area contributed by atoms with Crippen LogP contribution < -0.4 is 5.32 Å². The first-order chi connectivity index (χ1) is 14.3. The Labute approximate surface area is 175 Å². The van der Waals surface area contributed by atoms with E-state index in [0.717, 1.165) is 6.92 Å². The molecule has 14 heteroatoms. The number of non-ortho nitro benzene ring substituents is 1. The summed E-state index contributed by atoms with van der Waals surface area (Å²) in [6.45, 7) is 0.134. The number of carboxylic acid groups (broad SMARTS) is 1. The van der Waals surface area contributed by atoms with E-state index in [1.54, 1.807) is 0 Å². The van der Waals surface area contributed by atoms with Crippen molar-refractivity contribution in [2.24, 2.45) is 0 Å². The van der Waals surface area contributed by atoms with Crippen molar-refractivity contribution in [2.45, 2.75) is 43.8 Å². The van der Waals surface area contributed by atoms with Gasteiger partial charge in [-0.15, -0.1) is 0 Å². The summed E-state index contributed by atoms with van der Waals surface area (Å²) >= 11 is 0. The van der Waals surface area contributed by atoms with Crippen molar-refractivity contribution in [3.05, 3.63) is 34.4 Å². The third-order valence-electron chi connectivity index (χ3n) is 3.78. The molecule has 1 aromatic rings. The van der Waals surface area contributed by atoms with Crippen LogP contribution in [0.5, 0.6) is 5.75 Å². The lowest BCUT2D eigenvalue weighted by Crippen LogP contribution is -2.57. The molecular weight excluding hydrogens is 424 g/mol. The molecule has 0 radical (unpaired) electrons. The quantitative estimate of drug-likeness (QED) is 0.103. The molecule has 0 bridgehead atoms. The van der Waals surface area contributed by atoms with Crippen molar-refractivity contribution < 1.29 is 55.1 Å². The van der Waals surface area contributed by atoms with E-state index in [-0.39, 0.29) is 11.4 Å². The fraction of sp³-hybridized carbons (Fsp3) is 0.471. The number of ketones is 1. The molecule has 5 atom stereocenters. The smallest absolute Gasteiger partial charge is 0.372 e. The van der Waals surface area contributed by atoms with Crippen molar-refractivity contribution in [3.8, 4) is 5.75 Å². The molecule has 0 saturated carbocycles. The minimum absolute atomic E-state index is 0.0159. The molecule has 0 aliphatic rings. The largest absolute Gasteiger partial charge is 0.508 e. The molecule has 14 nitrogen and oxygen atoms in total. The van der Waals surface area contributed by atoms with Crippen LogP contribution in [0.25, 0.3) is 0 Å². The number of nitrogens with one attached hydrogen (secondary N) is 1. The molecule has 31 heavy (non-hydrogen) atoms. The van der Waals surface area contributed by atoms with Crippen molar-refractivity contribution >= 4 is 23.3 Å². The number of nitro benzene ring substituents is 1. The van der Waals surface area contributed by atoms with Gasteiger partial charge in [0.2, 0.25) is 11.7 Å². The Hall–Kier alpha value is -3.17. The number of phenols is 1. The maximum Gasteiger partial charge on any atom is 0.372 e. The number of nitro groups is 1. The zero-order valence-electron chi connectivity index (χ0n) is 16.2. The minimum atomic E-state index is -1.94. The topological polar surface area (TPSA) is 248 Å². The molecule has 0 unspecified atom stereocenters. The summed E-state index contributed by atoms with van der Waals surface area (Å²) in [5, 5.41) is 76.2. The summed E-state index contributed by atoms with van der Waals surface area (Å²) < 4.78 is 0. The lowest BCUT2D eigenvalue weighted by atomic mass is 9.94. The third-order valence-corrected chi connectivity index (χ3v) is 3.78.